The Morgan fingerprint density at radius 1 is 0.812 bits per heavy atom. The van der Waals surface area contributed by atoms with E-state index in [-0.39, 0.29) is 18.5 Å². The number of benzene rings is 3. The fourth-order valence-electron chi connectivity index (χ4n) is 3.63. The van der Waals surface area contributed by atoms with Crippen LogP contribution in [0.25, 0.3) is 0 Å². The molecule has 1 aromatic heterocycles. The molecule has 0 spiro atoms. The fourth-order valence-corrected chi connectivity index (χ4v) is 3.63. The molecule has 3 aromatic carbocycles. The number of aromatic nitrogens is 2. The summed E-state index contributed by atoms with van der Waals surface area (Å²) < 4.78 is 12.6. The van der Waals surface area contributed by atoms with E-state index in [0.717, 1.165) is 5.56 Å². The number of hydrogen-bond donors (Lipinski definition) is 0. The number of nitrogens with zero attached hydrogens (tertiary/aromatic N) is 2. The first-order valence-electron chi connectivity index (χ1n) is 10.8. The minimum atomic E-state index is -0.372. The van der Waals surface area contributed by atoms with Crippen LogP contribution in [-0.4, -0.2) is 29.0 Å². The first kappa shape index (κ1) is 21.4. The zero-order valence-corrected chi connectivity index (χ0v) is 17.8. The third-order valence-corrected chi connectivity index (χ3v) is 5.15. The summed E-state index contributed by atoms with van der Waals surface area (Å²) in [5.74, 6) is 0.405. The molecule has 0 aliphatic heterocycles. The molecule has 0 atom stereocenters. The van der Waals surface area contributed by atoms with E-state index in [1.54, 1.807) is 12.1 Å². The van der Waals surface area contributed by atoms with Crippen LogP contribution in [0.5, 0.6) is 5.75 Å². The van der Waals surface area contributed by atoms with Gasteiger partial charge in [-0.05, 0) is 23.3 Å². The maximum Gasteiger partial charge on any atom is 0.344 e. The minimum Gasteiger partial charge on any atom is -0.482 e. The molecule has 0 radical (unpaired) electrons. The maximum absolute atomic E-state index is 11.9. The third kappa shape index (κ3) is 5.85. The van der Waals surface area contributed by atoms with Crippen LogP contribution in [0.3, 0.4) is 0 Å². The number of esters is 1. The molecule has 0 aliphatic rings. The van der Waals surface area contributed by atoms with Gasteiger partial charge in [0.2, 0.25) is 0 Å². The first-order valence-corrected chi connectivity index (χ1v) is 10.8. The predicted molar refractivity (Wildman–Crippen MR) is 124 cm³/mol. The van der Waals surface area contributed by atoms with Crippen molar-refractivity contribution in [3.63, 3.8) is 0 Å². The summed E-state index contributed by atoms with van der Waals surface area (Å²) in [6.07, 6.45) is 4.68. The molecule has 0 unspecified atom stereocenters. The standard InChI is InChI=1S/C27H26N2O3/c30-26(21-32-25-15-8-3-9-16-25)31-18-10-17-29-20-24(19-28-29)27(22-11-4-1-5-12-22)23-13-6-2-7-14-23/h1-9,11-16,19-20,27H,10,17-18,21H2. The van der Waals surface area contributed by atoms with Crippen molar-refractivity contribution in [1.29, 1.82) is 0 Å². The van der Waals surface area contributed by atoms with Crippen LogP contribution in [0.15, 0.2) is 103 Å². The third-order valence-electron chi connectivity index (χ3n) is 5.15. The van der Waals surface area contributed by atoms with Crippen LogP contribution < -0.4 is 4.74 Å². The molecule has 0 saturated heterocycles. The lowest BCUT2D eigenvalue weighted by atomic mass is 9.87. The summed E-state index contributed by atoms with van der Waals surface area (Å²) in [5, 5.41) is 4.53. The molecule has 162 valence electrons. The Bertz CT molecular complexity index is 1060. The van der Waals surface area contributed by atoms with Crippen molar-refractivity contribution in [1.82, 2.24) is 9.78 Å². The second kappa shape index (κ2) is 11.0. The molecule has 4 aromatic rings. The van der Waals surface area contributed by atoms with E-state index in [2.05, 4.69) is 59.8 Å². The summed E-state index contributed by atoms with van der Waals surface area (Å²) in [7, 11) is 0. The highest BCUT2D eigenvalue weighted by molar-refractivity contribution is 5.71. The van der Waals surface area contributed by atoms with Crippen molar-refractivity contribution < 1.29 is 14.3 Å². The Morgan fingerprint density at radius 2 is 1.41 bits per heavy atom. The molecule has 4 rings (SSSR count). The van der Waals surface area contributed by atoms with Gasteiger partial charge in [0.25, 0.3) is 0 Å². The van der Waals surface area contributed by atoms with Gasteiger partial charge in [-0.15, -0.1) is 0 Å². The summed E-state index contributed by atoms with van der Waals surface area (Å²) in [6, 6.07) is 30.1. The zero-order chi connectivity index (χ0) is 22.0. The molecule has 0 amide bonds. The molecule has 1 heterocycles. The van der Waals surface area contributed by atoms with Gasteiger partial charge in [0.05, 0.1) is 12.8 Å². The molecule has 5 heteroatoms. The Kier molecular flexibility index (Phi) is 7.32. The van der Waals surface area contributed by atoms with E-state index in [9.17, 15) is 4.79 Å². The summed E-state index contributed by atoms with van der Waals surface area (Å²) in [6.45, 7) is 0.905. The quantitative estimate of drug-likeness (QED) is 0.262. The summed E-state index contributed by atoms with van der Waals surface area (Å²) in [4.78, 5) is 11.9. The van der Waals surface area contributed by atoms with Crippen molar-refractivity contribution in [2.24, 2.45) is 0 Å². The maximum atomic E-state index is 11.9. The Morgan fingerprint density at radius 3 is 2.03 bits per heavy atom. The lowest BCUT2D eigenvalue weighted by Crippen LogP contribution is -2.16. The smallest absolute Gasteiger partial charge is 0.344 e. The van der Waals surface area contributed by atoms with Crippen molar-refractivity contribution >= 4 is 5.97 Å². The second-order valence-electron chi connectivity index (χ2n) is 7.47. The van der Waals surface area contributed by atoms with Gasteiger partial charge in [0, 0.05) is 30.6 Å². The molecule has 32 heavy (non-hydrogen) atoms. The van der Waals surface area contributed by atoms with Crippen molar-refractivity contribution in [2.75, 3.05) is 13.2 Å². The number of carbonyl (C=O) groups excluding carboxylic acids is 1. The molecule has 0 fully saturated rings. The number of ether oxygens (including phenoxy) is 2. The molecule has 5 nitrogen and oxygen atoms in total. The van der Waals surface area contributed by atoms with Crippen LogP contribution in [-0.2, 0) is 16.1 Å². The van der Waals surface area contributed by atoms with E-state index in [1.165, 1.54) is 11.1 Å². The number of rotatable bonds is 10. The SMILES string of the molecule is O=C(COc1ccccc1)OCCCn1cc(C(c2ccccc2)c2ccccc2)cn1. The van der Waals surface area contributed by atoms with Crippen molar-refractivity contribution in [3.05, 3.63) is 120 Å². The first-order chi connectivity index (χ1) is 15.8. The van der Waals surface area contributed by atoms with Gasteiger partial charge in [0.15, 0.2) is 6.61 Å². The average Bonchev–Trinajstić information content (AvgIpc) is 3.31. The normalized spacial score (nSPS) is 10.8. The number of carbonyl (C=O) groups is 1. The molecule has 0 saturated carbocycles. The van der Waals surface area contributed by atoms with E-state index < -0.39 is 0 Å². The second-order valence-corrected chi connectivity index (χ2v) is 7.47. The Labute approximate surface area is 188 Å². The van der Waals surface area contributed by atoms with E-state index in [4.69, 9.17) is 9.47 Å². The van der Waals surface area contributed by atoms with Crippen LogP contribution in [0.4, 0.5) is 0 Å². The molecular weight excluding hydrogens is 400 g/mol. The zero-order valence-electron chi connectivity index (χ0n) is 17.8. The van der Waals surface area contributed by atoms with Gasteiger partial charge in [-0.2, -0.15) is 5.10 Å². The van der Waals surface area contributed by atoms with Gasteiger partial charge in [-0.3, -0.25) is 4.68 Å². The Balaban J connectivity index is 1.30. The van der Waals surface area contributed by atoms with Gasteiger partial charge in [-0.25, -0.2) is 4.79 Å². The topological polar surface area (TPSA) is 53.4 Å². The van der Waals surface area contributed by atoms with Crippen molar-refractivity contribution in [2.45, 2.75) is 18.9 Å². The van der Waals surface area contributed by atoms with E-state index in [1.807, 2.05) is 41.2 Å². The number of hydrogen-bond acceptors (Lipinski definition) is 4. The van der Waals surface area contributed by atoms with Gasteiger partial charge < -0.3 is 9.47 Å². The highest BCUT2D eigenvalue weighted by Crippen LogP contribution is 2.31. The van der Waals surface area contributed by atoms with Crippen LogP contribution >= 0.6 is 0 Å². The van der Waals surface area contributed by atoms with Gasteiger partial charge in [-0.1, -0.05) is 78.9 Å². The van der Waals surface area contributed by atoms with Gasteiger partial charge in [0.1, 0.15) is 5.75 Å². The van der Waals surface area contributed by atoms with Gasteiger partial charge >= 0.3 is 5.97 Å². The highest BCUT2D eigenvalue weighted by Gasteiger charge is 2.18. The van der Waals surface area contributed by atoms with Crippen LogP contribution in [0, 0.1) is 0 Å². The summed E-state index contributed by atoms with van der Waals surface area (Å²) in [5.41, 5.74) is 3.59. The molecule has 0 aliphatic carbocycles. The number of aryl methyl sites for hydroxylation is 1. The fraction of sp³-hybridized carbons (Fsp3) is 0.185. The van der Waals surface area contributed by atoms with E-state index >= 15 is 0 Å². The monoisotopic (exact) mass is 426 g/mol. The Hall–Kier alpha value is -3.86. The van der Waals surface area contributed by atoms with Crippen LogP contribution in [0.1, 0.15) is 29.0 Å². The number of para-hydroxylation sites is 1. The molecule has 0 N–H and O–H groups in total. The largest absolute Gasteiger partial charge is 0.482 e. The molecular formula is C27H26N2O3. The van der Waals surface area contributed by atoms with E-state index in [0.29, 0.717) is 25.3 Å². The predicted octanol–water partition coefficient (Wildman–Crippen LogP) is 5.08. The average molecular weight is 427 g/mol. The highest BCUT2D eigenvalue weighted by atomic mass is 16.6. The summed E-state index contributed by atoms with van der Waals surface area (Å²) >= 11 is 0. The lowest BCUT2D eigenvalue weighted by molar-refractivity contribution is -0.146. The lowest BCUT2D eigenvalue weighted by Gasteiger charge is -2.16. The molecule has 0 bridgehead atoms. The van der Waals surface area contributed by atoms with Crippen molar-refractivity contribution in [3.8, 4) is 5.75 Å². The minimum absolute atomic E-state index is 0.0915. The van der Waals surface area contributed by atoms with Crippen LogP contribution in [0.2, 0.25) is 0 Å².